The highest BCUT2D eigenvalue weighted by Gasteiger charge is 2.45. The summed E-state index contributed by atoms with van der Waals surface area (Å²) in [5.74, 6) is -0.0197. The number of nitrogens with zero attached hydrogens (tertiary/aromatic N) is 6. The Morgan fingerprint density at radius 2 is 2.06 bits per heavy atom. The summed E-state index contributed by atoms with van der Waals surface area (Å²) in [6.07, 6.45) is 7.26. The minimum absolute atomic E-state index is 0.0546. The van der Waals surface area contributed by atoms with Crippen LogP contribution < -0.4 is 10.9 Å². The minimum Gasteiger partial charge on any atom is -0.364 e. The summed E-state index contributed by atoms with van der Waals surface area (Å²) in [4.78, 5) is 41.7. The molecule has 0 spiro atoms. The Morgan fingerprint density at radius 1 is 1.21 bits per heavy atom. The fourth-order valence-electron chi connectivity index (χ4n) is 4.07. The van der Waals surface area contributed by atoms with Crippen LogP contribution in [0.2, 0.25) is 0 Å². The average Bonchev–Trinajstić information content (AvgIpc) is 3.52. The van der Waals surface area contributed by atoms with E-state index in [0.717, 1.165) is 29.6 Å². The van der Waals surface area contributed by atoms with Gasteiger partial charge >= 0.3 is 5.56 Å². The van der Waals surface area contributed by atoms with E-state index in [0.29, 0.717) is 17.8 Å². The molecule has 9 nitrogen and oxygen atoms in total. The van der Waals surface area contributed by atoms with Gasteiger partial charge in [-0.1, -0.05) is 12.1 Å². The molecular formula is C24H23N7O2. The van der Waals surface area contributed by atoms with E-state index in [2.05, 4.69) is 32.0 Å². The standard InChI is InChI=1S/C24H23N7O2/c1-16-13-27-22(28-14-24(8-9-24)20-5-3-4-10-26-20)23(33)31(16)30-15-29-18-11-17(6-7-19(18)30)12-21(32)25-2/h3-7,10-11,13,15H,2,8-9,12,14H2,1H3,(H,27,28). The van der Waals surface area contributed by atoms with E-state index in [4.69, 9.17) is 0 Å². The number of hydrogen-bond donors (Lipinski definition) is 1. The number of amides is 1. The molecule has 0 aliphatic heterocycles. The van der Waals surface area contributed by atoms with Crippen LogP contribution in [0.5, 0.6) is 0 Å². The summed E-state index contributed by atoms with van der Waals surface area (Å²) in [7, 11) is 0. The van der Waals surface area contributed by atoms with Crippen molar-refractivity contribution in [2.24, 2.45) is 4.99 Å². The lowest BCUT2D eigenvalue weighted by molar-refractivity contribution is -0.117. The largest absolute Gasteiger partial charge is 0.364 e. The Bertz CT molecular complexity index is 1420. The van der Waals surface area contributed by atoms with Crippen molar-refractivity contribution < 1.29 is 4.79 Å². The van der Waals surface area contributed by atoms with Crippen molar-refractivity contribution in [2.45, 2.75) is 31.6 Å². The molecule has 1 fully saturated rings. The number of carbonyl (C=O) groups is 1. The maximum absolute atomic E-state index is 13.4. The summed E-state index contributed by atoms with van der Waals surface area (Å²) in [6.45, 7) is 5.68. The second-order valence-electron chi connectivity index (χ2n) is 8.35. The number of aryl methyl sites for hydroxylation is 1. The van der Waals surface area contributed by atoms with Gasteiger partial charge in [-0.25, -0.2) is 24.3 Å². The monoisotopic (exact) mass is 441 g/mol. The van der Waals surface area contributed by atoms with Gasteiger partial charge in [0.25, 0.3) is 0 Å². The Balaban J connectivity index is 1.45. The van der Waals surface area contributed by atoms with E-state index < -0.39 is 0 Å². The van der Waals surface area contributed by atoms with E-state index in [1.54, 1.807) is 28.1 Å². The molecule has 1 amide bonds. The van der Waals surface area contributed by atoms with Crippen molar-refractivity contribution >= 4 is 29.5 Å². The van der Waals surface area contributed by atoms with Crippen LogP contribution in [0.1, 0.15) is 29.8 Å². The first kappa shape index (κ1) is 20.7. The summed E-state index contributed by atoms with van der Waals surface area (Å²) >= 11 is 0. The highest BCUT2D eigenvalue weighted by Crippen LogP contribution is 2.47. The SMILES string of the molecule is C=NC(=O)Cc1ccc2c(c1)ncn2-n1c(C)cnc(NCC2(c3ccccn3)CC2)c1=O. The highest BCUT2D eigenvalue weighted by atomic mass is 16.1. The van der Waals surface area contributed by atoms with Gasteiger partial charge in [-0.15, -0.1) is 0 Å². The highest BCUT2D eigenvalue weighted by molar-refractivity contribution is 5.84. The topological polar surface area (TPSA) is 107 Å². The second kappa shape index (κ2) is 8.09. The molecule has 1 saturated carbocycles. The molecule has 3 heterocycles. The third kappa shape index (κ3) is 3.82. The molecule has 5 rings (SSSR count). The van der Waals surface area contributed by atoms with Crippen molar-refractivity contribution in [3.63, 3.8) is 0 Å². The lowest BCUT2D eigenvalue weighted by Gasteiger charge is -2.17. The molecule has 1 aromatic carbocycles. The number of benzene rings is 1. The van der Waals surface area contributed by atoms with Crippen LogP contribution in [0, 0.1) is 6.92 Å². The molecular weight excluding hydrogens is 418 g/mol. The van der Waals surface area contributed by atoms with Crippen LogP contribution >= 0.6 is 0 Å². The number of nitrogens with one attached hydrogen (secondary N) is 1. The number of fused-ring (bicyclic) bond motifs is 1. The number of aromatic nitrogens is 5. The van der Waals surface area contributed by atoms with E-state index in [-0.39, 0.29) is 29.1 Å². The molecule has 0 bridgehead atoms. The van der Waals surface area contributed by atoms with Gasteiger partial charge in [-0.2, -0.15) is 0 Å². The first-order valence-corrected chi connectivity index (χ1v) is 10.7. The molecule has 166 valence electrons. The van der Waals surface area contributed by atoms with Gasteiger partial charge in [0.1, 0.15) is 6.33 Å². The summed E-state index contributed by atoms with van der Waals surface area (Å²) in [5, 5.41) is 3.26. The zero-order chi connectivity index (χ0) is 23.0. The zero-order valence-electron chi connectivity index (χ0n) is 18.2. The summed E-state index contributed by atoms with van der Waals surface area (Å²) in [5.41, 5.74) is 3.59. The number of rotatable bonds is 7. The number of carbonyl (C=O) groups excluding carboxylic acids is 1. The molecule has 0 unspecified atom stereocenters. The fourth-order valence-corrected chi connectivity index (χ4v) is 4.07. The van der Waals surface area contributed by atoms with Crippen molar-refractivity contribution in [3.8, 4) is 0 Å². The normalized spacial score (nSPS) is 14.2. The Kier molecular flexibility index (Phi) is 5.08. The van der Waals surface area contributed by atoms with Crippen molar-refractivity contribution in [2.75, 3.05) is 11.9 Å². The third-order valence-electron chi connectivity index (χ3n) is 6.11. The van der Waals surface area contributed by atoms with Crippen molar-refractivity contribution in [1.29, 1.82) is 0 Å². The van der Waals surface area contributed by atoms with E-state index in [1.165, 1.54) is 0 Å². The first-order valence-electron chi connectivity index (χ1n) is 10.7. The van der Waals surface area contributed by atoms with Gasteiger partial charge in [-0.3, -0.25) is 14.6 Å². The van der Waals surface area contributed by atoms with Gasteiger partial charge in [0.15, 0.2) is 5.82 Å². The Hall–Kier alpha value is -4.14. The van der Waals surface area contributed by atoms with Gasteiger partial charge < -0.3 is 5.32 Å². The molecule has 0 saturated heterocycles. The zero-order valence-corrected chi connectivity index (χ0v) is 18.2. The fraction of sp³-hybridized carbons (Fsp3) is 0.250. The van der Waals surface area contributed by atoms with Gasteiger partial charge in [-0.05, 0) is 56.3 Å². The van der Waals surface area contributed by atoms with Crippen molar-refractivity contribution in [1.82, 2.24) is 24.3 Å². The van der Waals surface area contributed by atoms with Crippen LogP contribution in [0.4, 0.5) is 5.82 Å². The van der Waals surface area contributed by atoms with Gasteiger partial charge in [0, 0.05) is 23.9 Å². The molecule has 33 heavy (non-hydrogen) atoms. The van der Waals surface area contributed by atoms with Crippen LogP contribution in [0.3, 0.4) is 0 Å². The average molecular weight is 441 g/mol. The number of pyridine rings is 1. The second-order valence-corrected chi connectivity index (χ2v) is 8.35. The molecule has 0 radical (unpaired) electrons. The number of imidazole rings is 1. The number of hydrogen-bond acceptors (Lipinski definition) is 6. The maximum Gasteiger partial charge on any atom is 0.312 e. The minimum atomic E-state index is -0.301. The lowest BCUT2D eigenvalue weighted by atomic mass is 10.0. The molecule has 1 aliphatic carbocycles. The van der Waals surface area contributed by atoms with Gasteiger partial charge in [0.05, 0.1) is 29.3 Å². The summed E-state index contributed by atoms with van der Waals surface area (Å²) in [6, 6.07) is 11.4. The molecule has 3 aromatic heterocycles. The first-order chi connectivity index (χ1) is 16.0. The molecule has 1 N–H and O–H groups in total. The maximum atomic E-state index is 13.4. The quantitative estimate of drug-likeness (QED) is 0.442. The van der Waals surface area contributed by atoms with Crippen molar-refractivity contribution in [3.05, 3.63) is 82.4 Å². The summed E-state index contributed by atoms with van der Waals surface area (Å²) < 4.78 is 3.24. The van der Waals surface area contributed by atoms with Crippen LogP contribution in [-0.4, -0.2) is 43.5 Å². The van der Waals surface area contributed by atoms with Crippen LogP contribution in [0.25, 0.3) is 11.0 Å². The Labute approximate surface area is 189 Å². The molecule has 9 heteroatoms. The smallest absolute Gasteiger partial charge is 0.312 e. The third-order valence-corrected chi connectivity index (χ3v) is 6.11. The predicted octanol–water partition coefficient (Wildman–Crippen LogP) is 2.52. The molecule has 0 atom stereocenters. The molecule has 1 aliphatic rings. The number of aliphatic imine (C=N–C) groups is 1. The predicted molar refractivity (Wildman–Crippen MR) is 126 cm³/mol. The van der Waals surface area contributed by atoms with Crippen LogP contribution in [-0.2, 0) is 16.6 Å². The molecule has 4 aromatic rings. The van der Waals surface area contributed by atoms with E-state index in [1.807, 2.05) is 43.3 Å². The van der Waals surface area contributed by atoms with E-state index >= 15 is 0 Å². The Morgan fingerprint density at radius 3 is 2.79 bits per heavy atom. The lowest BCUT2D eigenvalue weighted by Crippen LogP contribution is -2.32. The number of anilines is 1. The van der Waals surface area contributed by atoms with Crippen LogP contribution in [0.15, 0.2) is 64.9 Å². The van der Waals surface area contributed by atoms with Gasteiger partial charge in [0.2, 0.25) is 5.91 Å². The van der Waals surface area contributed by atoms with E-state index in [9.17, 15) is 9.59 Å².